The summed E-state index contributed by atoms with van der Waals surface area (Å²) in [5, 5.41) is 9.25. The molecule has 4 nitrogen and oxygen atoms in total. The van der Waals surface area contributed by atoms with Gasteiger partial charge in [0.05, 0.1) is 11.4 Å². The van der Waals surface area contributed by atoms with E-state index in [1.165, 1.54) is 12.1 Å². The summed E-state index contributed by atoms with van der Waals surface area (Å²) in [6.45, 7) is 2.13. The van der Waals surface area contributed by atoms with Crippen LogP contribution in [0.3, 0.4) is 0 Å². The van der Waals surface area contributed by atoms with Crippen molar-refractivity contribution >= 4 is 15.7 Å². The molecule has 0 amide bonds. The highest BCUT2D eigenvalue weighted by molar-refractivity contribution is 7.92. The van der Waals surface area contributed by atoms with Crippen LogP contribution in [-0.4, -0.2) is 19.3 Å². The van der Waals surface area contributed by atoms with Crippen molar-refractivity contribution in [3.63, 3.8) is 0 Å². The van der Waals surface area contributed by atoms with Crippen LogP contribution in [0, 0.1) is 0 Å². The molecule has 0 aromatic heterocycles. The predicted octanol–water partition coefficient (Wildman–Crippen LogP) is 3.10. The molecule has 0 bridgehead atoms. The van der Waals surface area contributed by atoms with E-state index < -0.39 is 10.0 Å². The van der Waals surface area contributed by atoms with E-state index in [9.17, 15) is 13.5 Å². The van der Waals surface area contributed by atoms with Crippen molar-refractivity contribution in [2.75, 3.05) is 10.5 Å². The molecule has 0 aliphatic heterocycles. The van der Waals surface area contributed by atoms with Gasteiger partial charge >= 0.3 is 0 Å². The van der Waals surface area contributed by atoms with Crippen LogP contribution in [0.5, 0.6) is 5.75 Å². The summed E-state index contributed by atoms with van der Waals surface area (Å²) >= 11 is 0. The molecular weight excluding hydrogens is 250 g/mol. The second-order valence-corrected chi connectivity index (χ2v) is 6.23. The van der Waals surface area contributed by atoms with Crippen molar-refractivity contribution in [1.29, 1.82) is 0 Å². The Bertz CT molecular complexity index is 457. The lowest BCUT2D eigenvalue weighted by Gasteiger charge is -2.08. The molecule has 0 spiro atoms. The number of sulfonamides is 1. The molecule has 1 rings (SSSR count). The van der Waals surface area contributed by atoms with Gasteiger partial charge in [0, 0.05) is 6.07 Å². The normalized spacial score (nSPS) is 11.4. The third kappa shape index (κ3) is 5.91. The Labute approximate surface area is 109 Å². The molecule has 1 aromatic carbocycles. The number of rotatable bonds is 8. The minimum absolute atomic E-state index is 0.0538. The van der Waals surface area contributed by atoms with Gasteiger partial charge in [-0.3, -0.25) is 4.72 Å². The zero-order valence-electron chi connectivity index (χ0n) is 10.7. The van der Waals surface area contributed by atoms with E-state index >= 15 is 0 Å². The third-order valence-electron chi connectivity index (χ3n) is 2.64. The predicted molar refractivity (Wildman–Crippen MR) is 74.3 cm³/mol. The van der Waals surface area contributed by atoms with E-state index in [-0.39, 0.29) is 11.5 Å². The van der Waals surface area contributed by atoms with E-state index in [4.69, 9.17) is 0 Å². The van der Waals surface area contributed by atoms with Crippen molar-refractivity contribution in [1.82, 2.24) is 0 Å². The molecule has 0 radical (unpaired) electrons. The number of benzene rings is 1. The average Bonchev–Trinajstić information content (AvgIpc) is 2.28. The first-order chi connectivity index (χ1) is 8.53. The lowest BCUT2D eigenvalue weighted by Crippen LogP contribution is -2.16. The molecule has 18 heavy (non-hydrogen) atoms. The molecule has 0 aliphatic carbocycles. The molecule has 2 N–H and O–H groups in total. The number of nitrogens with one attached hydrogen (secondary N) is 1. The number of unbranched alkanes of at least 4 members (excludes halogenated alkanes) is 4. The first-order valence-corrected chi connectivity index (χ1v) is 7.98. The first kappa shape index (κ1) is 14.8. The average molecular weight is 271 g/mol. The van der Waals surface area contributed by atoms with Crippen LogP contribution in [0.4, 0.5) is 5.69 Å². The van der Waals surface area contributed by atoms with Crippen LogP contribution in [0.2, 0.25) is 0 Å². The highest BCUT2D eigenvalue weighted by Crippen LogP contribution is 2.17. The molecule has 5 heteroatoms. The summed E-state index contributed by atoms with van der Waals surface area (Å²) in [7, 11) is -3.30. The number of phenols is 1. The van der Waals surface area contributed by atoms with Gasteiger partial charge in [-0.15, -0.1) is 0 Å². The Hall–Kier alpha value is -1.23. The molecule has 1 aromatic rings. The number of hydrogen-bond donors (Lipinski definition) is 2. The van der Waals surface area contributed by atoms with Gasteiger partial charge in [-0.1, -0.05) is 38.7 Å². The minimum atomic E-state index is -3.30. The monoisotopic (exact) mass is 271 g/mol. The molecule has 102 valence electrons. The standard InChI is InChI=1S/C13H21NO3S/c1-2-3-4-5-6-10-18(16,17)14-12-8-7-9-13(15)11-12/h7-9,11,14-15H,2-6,10H2,1H3. The van der Waals surface area contributed by atoms with Crippen LogP contribution in [0.1, 0.15) is 39.0 Å². The van der Waals surface area contributed by atoms with Crippen molar-refractivity contribution in [2.45, 2.75) is 39.0 Å². The first-order valence-electron chi connectivity index (χ1n) is 6.33. The Balaban J connectivity index is 2.40. The van der Waals surface area contributed by atoms with E-state index in [0.29, 0.717) is 12.1 Å². The van der Waals surface area contributed by atoms with Gasteiger partial charge in [-0.2, -0.15) is 0 Å². The van der Waals surface area contributed by atoms with E-state index in [2.05, 4.69) is 11.6 Å². The van der Waals surface area contributed by atoms with Gasteiger partial charge in [-0.25, -0.2) is 8.42 Å². The lowest BCUT2D eigenvalue weighted by molar-refractivity contribution is 0.475. The summed E-state index contributed by atoms with van der Waals surface area (Å²) in [5.41, 5.74) is 0.406. The van der Waals surface area contributed by atoms with Crippen molar-refractivity contribution < 1.29 is 13.5 Å². The zero-order chi connectivity index (χ0) is 13.4. The summed E-state index contributed by atoms with van der Waals surface area (Å²) in [4.78, 5) is 0. The summed E-state index contributed by atoms with van der Waals surface area (Å²) in [6, 6.07) is 6.12. The van der Waals surface area contributed by atoms with E-state index in [1.54, 1.807) is 12.1 Å². The fraction of sp³-hybridized carbons (Fsp3) is 0.538. The van der Waals surface area contributed by atoms with Crippen LogP contribution in [-0.2, 0) is 10.0 Å². The molecule has 0 saturated heterocycles. The maximum atomic E-state index is 11.8. The second-order valence-electron chi connectivity index (χ2n) is 4.39. The molecule has 0 saturated carbocycles. The van der Waals surface area contributed by atoms with Gasteiger partial charge in [0.15, 0.2) is 0 Å². The Morgan fingerprint density at radius 1 is 1.17 bits per heavy atom. The smallest absolute Gasteiger partial charge is 0.232 e. The maximum absolute atomic E-state index is 11.8. The summed E-state index contributed by atoms with van der Waals surface area (Å²) in [5.74, 6) is 0.185. The number of aromatic hydroxyl groups is 1. The Morgan fingerprint density at radius 3 is 2.56 bits per heavy atom. The summed E-state index contributed by atoms with van der Waals surface area (Å²) in [6.07, 6.45) is 5.00. The van der Waals surface area contributed by atoms with Crippen LogP contribution in [0.25, 0.3) is 0 Å². The minimum Gasteiger partial charge on any atom is -0.508 e. The number of anilines is 1. The molecule has 0 heterocycles. The van der Waals surface area contributed by atoms with Crippen LogP contribution < -0.4 is 4.72 Å². The molecule has 0 atom stereocenters. The highest BCUT2D eigenvalue weighted by atomic mass is 32.2. The zero-order valence-corrected chi connectivity index (χ0v) is 11.5. The summed E-state index contributed by atoms with van der Waals surface area (Å²) < 4.78 is 26.0. The number of phenolic OH excluding ortho intramolecular Hbond substituents is 1. The molecular formula is C13H21NO3S. The molecule has 0 aliphatic rings. The second kappa shape index (κ2) is 7.26. The van der Waals surface area contributed by atoms with E-state index in [0.717, 1.165) is 25.7 Å². The van der Waals surface area contributed by atoms with Crippen molar-refractivity contribution in [3.8, 4) is 5.75 Å². The van der Waals surface area contributed by atoms with Crippen LogP contribution >= 0.6 is 0 Å². The SMILES string of the molecule is CCCCCCCS(=O)(=O)Nc1cccc(O)c1. The van der Waals surface area contributed by atoms with Crippen LogP contribution in [0.15, 0.2) is 24.3 Å². The fourth-order valence-electron chi connectivity index (χ4n) is 1.70. The number of hydrogen-bond acceptors (Lipinski definition) is 3. The van der Waals surface area contributed by atoms with Crippen molar-refractivity contribution in [3.05, 3.63) is 24.3 Å². The largest absolute Gasteiger partial charge is 0.508 e. The quantitative estimate of drug-likeness (QED) is 0.714. The highest BCUT2D eigenvalue weighted by Gasteiger charge is 2.09. The fourth-order valence-corrected chi connectivity index (χ4v) is 2.87. The van der Waals surface area contributed by atoms with E-state index in [1.807, 2.05) is 0 Å². The molecule has 0 fully saturated rings. The van der Waals surface area contributed by atoms with Gasteiger partial charge in [0.25, 0.3) is 0 Å². The maximum Gasteiger partial charge on any atom is 0.232 e. The van der Waals surface area contributed by atoms with Gasteiger partial charge in [0.2, 0.25) is 10.0 Å². The molecule has 0 unspecified atom stereocenters. The third-order valence-corrected chi connectivity index (χ3v) is 4.01. The lowest BCUT2D eigenvalue weighted by atomic mass is 10.2. The van der Waals surface area contributed by atoms with Gasteiger partial charge in [0.1, 0.15) is 5.75 Å². The van der Waals surface area contributed by atoms with Gasteiger partial charge in [-0.05, 0) is 18.6 Å². The van der Waals surface area contributed by atoms with Gasteiger partial charge < -0.3 is 5.11 Å². The Kier molecular flexibility index (Phi) is 5.98. The Morgan fingerprint density at radius 2 is 1.89 bits per heavy atom. The van der Waals surface area contributed by atoms with Crippen molar-refractivity contribution in [2.24, 2.45) is 0 Å². The topological polar surface area (TPSA) is 66.4 Å².